The molecule has 0 spiro atoms. The maximum absolute atomic E-state index is 13.8. The van der Waals surface area contributed by atoms with Crippen molar-refractivity contribution in [3.8, 4) is 5.75 Å². The molecule has 0 saturated heterocycles. The predicted molar refractivity (Wildman–Crippen MR) is 141 cm³/mol. The highest BCUT2D eigenvalue weighted by Crippen LogP contribution is 2.24. The second kappa shape index (κ2) is 10.9. The first kappa shape index (κ1) is 24.0. The van der Waals surface area contributed by atoms with E-state index in [2.05, 4.69) is 22.0 Å². The SMILES string of the molecule is O=C(O)c1ccc(CN(Cc2cccc(F)c2)c2ccc(OCc3ccc4ccccc4[nH+]3)cc2)cc1. The van der Waals surface area contributed by atoms with Gasteiger partial charge in [0.1, 0.15) is 11.6 Å². The highest BCUT2D eigenvalue weighted by molar-refractivity contribution is 5.87. The van der Waals surface area contributed by atoms with E-state index in [4.69, 9.17) is 4.74 Å². The molecular formula is C31H26FN2O3+. The number of pyridine rings is 1. The number of rotatable bonds is 9. The molecule has 0 aliphatic heterocycles. The van der Waals surface area contributed by atoms with Crippen molar-refractivity contribution >= 4 is 22.6 Å². The lowest BCUT2D eigenvalue weighted by molar-refractivity contribution is -0.362. The third-order valence-electron chi connectivity index (χ3n) is 6.15. The first-order valence-electron chi connectivity index (χ1n) is 12.0. The highest BCUT2D eigenvalue weighted by Gasteiger charge is 2.12. The smallest absolute Gasteiger partial charge is 0.335 e. The van der Waals surface area contributed by atoms with Gasteiger partial charge in [-0.1, -0.05) is 36.4 Å². The van der Waals surface area contributed by atoms with Crippen LogP contribution in [-0.2, 0) is 19.7 Å². The molecule has 37 heavy (non-hydrogen) atoms. The number of nitrogens with one attached hydrogen (secondary N) is 1. The molecule has 4 aromatic carbocycles. The predicted octanol–water partition coefficient (Wildman–Crippen LogP) is 6.28. The van der Waals surface area contributed by atoms with E-state index in [1.54, 1.807) is 30.3 Å². The van der Waals surface area contributed by atoms with Crippen molar-refractivity contribution < 1.29 is 24.0 Å². The maximum atomic E-state index is 13.8. The van der Waals surface area contributed by atoms with E-state index < -0.39 is 5.97 Å². The van der Waals surface area contributed by atoms with Crippen molar-refractivity contribution in [1.29, 1.82) is 0 Å². The van der Waals surface area contributed by atoms with Crippen molar-refractivity contribution in [3.05, 3.63) is 137 Å². The van der Waals surface area contributed by atoms with E-state index in [9.17, 15) is 14.3 Å². The van der Waals surface area contributed by atoms with E-state index in [0.29, 0.717) is 19.7 Å². The lowest BCUT2D eigenvalue weighted by Crippen LogP contribution is -2.22. The Morgan fingerprint density at radius 2 is 1.57 bits per heavy atom. The first-order chi connectivity index (χ1) is 18.0. The second-order valence-electron chi connectivity index (χ2n) is 8.84. The summed E-state index contributed by atoms with van der Waals surface area (Å²) in [5.74, 6) is -0.501. The minimum Gasteiger partial charge on any atom is -0.483 e. The zero-order valence-corrected chi connectivity index (χ0v) is 20.1. The van der Waals surface area contributed by atoms with Crippen LogP contribution in [0.5, 0.6) is 5.75 Å². The number of para-hydroxylation sites is 1. The Morgan fingerprint density at radius 1 is 0.811 bits per heavy atom. The number of hydrogen-bond donors (Lipinski definition) is 1. The number of aromatic nitrogens is 1. The molecule has 5 nitrogen and oxygen atoms in total. The number of carbonyl (C=O) groups is 1. The van der Waals surface area contributed by atoms with Gasteiger partial charge in [0.15, 0.2) is 6.61 Å². The van der Waals surface area contributed by atoms with E-state index in [1.165, 1.54) is 12.1 Å². The van der Waals surface area contributed by atoms with Crippen LogP contribution in [-0.4, -0.2) is 11.1 Å². The van der Waals surface area contributed by atoms with E-state index in [0.717, 1.165) is 39.2 Å². The number of H-pyrrole nitrogens is 1. The number of carboxylic acid groups (broad SMARTS) is 1. The summed E-state index contributed by atoms with van der Waals surface area (Å²) in [7, 11) is 0. The van der Waals surface area contributed by atoms with Crippen LogP contribution in [0.15, 0.2) is 109 Å². The van der Waals surface area contributed by atoms with Crippen molar-refractivity contribution in [2.24, 2.45) is 0 Å². The average Bonchev–Trinajstić information content (AvgIpc) is 2.92. The molecule has 0 fully saturated rings. The monoisotopic (exact) mass is 493 g/mol. The molecule has 0 bridgehead atoms. The maximum Gasteiger partial charge on any atom is 0.335 e. The van der Waals surface area contributed by atoms with Crippen molar-refractivity contribution in [3.63, 3.8) is 0 Å². The Balaban J connectivity index is 1.32. The number of aromatic amines is 1. The van der Waals surface area contributed by atoms with Crippen LogP contribution >= 0.6 is 0 Å². The Morgan fingerprint density at radius 3 is 2.32 bits per heavy atom. The molecule has 6 heteroatoms. The van der Waals surface area contributed by atoms with Crippen LogP contribution in [0.4, 0.5) is 10.1 Å². The second-order valence-corrected chi connectivity index (χ2v) is 8.84. The molecule has 0 unspecified atom stereocenters. The summed E-state index contributed by atoms with van der Waals surface area (Å²) < 4.78 is 19.8. The molecule has 0 atom stereocenters. The summed E-state index contributed by atoms with van der Waals surface area (Å²) in [5.41, 5.74) is 5.01. The normalized spacial score (nSPS) is 10.8. The summed E-state index contributed by atoms with van der Waals surface area (Å²) in [5, 5.41) is 10.3. The summed E-state index contributed by atoms with van der Waals surface area (Å²) in [6.45, 7) is 1.43. The Kier molecular flexibility index (Phi) is 7.08. The molecule has 0 aliphatic rings. The molecule has 1 heterocycles. The van der Waals surface area contributed by atoms with E-state index in [-0.39, 0.29) is 11.4 Å². The fraction of sp³-hybridized carbons (Fsp3) is 0.0968. The topological polar surface area (TPSA) is 63.9 Å². The van der Waals surface area contributed by atoms with Gasteiger partial charge in [0, 0.05) is 36.3 Å². The van der Waals surface area contributed by atoms with Gasteiger partial charge in [-0.15, -0.1) is 0 Å². The number of nitrogens with zero attached hydrogens (tertiary/aromatic N) is 1. The summed E-state index contributed by atoms with van der Waals surface area (Å²) >= 11 is 0. The van der Waals surface area contributed by atoms with Gasteiger partial charge in [-0.05, 0) is 71.8 Å². The lowest BCUT2D eigenvalue weighted by Gasteiger charge is -2.25. The van der Waals surface area contributed by atoms with Crippen molar-refractivity contribution in [1.82, 2.24) is 0 Å². The van der Waals surface area contributed by atoms with Gasteiger partial charge in [-0.3, -0.25) is 0 Å². The number of anilines is 1. The van der Waals surface area contributed by atoms with Crippen LogP contribution in [0.2, 0.25) is 0 Å². The molecule has 1 aromatic heterocycles. The van der Waals surface area contributed by atoms with Gasteiger partial charge < -0.3 is 14.7 Å². The number of fused-ring (bicyclic) bond motifs is 1. The van der Waals surface area contributed by atoms with Gasteiger partial charge in [0.2, 0.25) is 11.2 Å². The number of hydrogen-bond acceptors (Lipinski definition) is 3. The standard InChI is InChI=1S/C31H25FN2O3/c32-26-6-3-4-23(18-26)20-34(19-22-8-10-25(11-9-22)31(35)36)28-14-16-29(17-15-28)37-21-27-13-12-24-5-1-2-7-30(24)33-27/h1-18H,19-21H2,(H,35,36)/p+1. The third kappa shape index (κ3) is 6.11. The number of ether oxygens (including phenoxy) is 1. The van der Waals surface area contributed by atoms with Crippen LogP contribution < -0.4 is 14.6 Å². The fourth-order valence-corrected chi connectivity index (χ4v) is 4.23. The first-order valence-corrected chi connectivity index (χ1v) is 12.0. The number of halogens is 1. The zero-order valence-electron chi connectivity index (χ0n) is 20.1. The summed E-state index contributed by atoms with van der Waals surface area (Å²) in [6.07, 6.45) is 0. The highest BCUT2D eigenvalue weighted by atomic mass is 19.1. The molecule has 0 saturated carbocycles. The summed E-state index contributed by atoms with van der Waals surface area (Å²) in [6, 6.07) is 33.3. The van der Waals surface area contributed by atoms with Gasteiger partial charge in [0.05, 0.1) is 5.56 Å². The largest absolute Gasteiger partial charge is 0.483 e. The zero-order chi connectivity index (χ0) is 25.6. The number of carboxylic acids is 1. The molecule has 2 N–H and O–H groups in total. The molecule has 5 rings (SSSR count). The molecule has 184 valence electrons. The molecule has 0 amide bonds. The minimum absolute atomic E-state index is 0.241. The molecule has 0 radical (unpaired) electrons. The van der Waals surface area contributed by atoms with Gasteiger partial charge in [-0.25, -0.2) is 14.2 Å². The molecule has 5 aromatic rings. The molecule has 0 aliphatic carbocycles. The van der Waals surface area contributed by atoms with Crippen LogP contribution in [0.3, 0.4) is 0 Å². The minimum atomic E-state index is -0.958. The molecular weight excluding hydrogens is 467 g/mol. The quantitative estimate of drug-likeness (QED) is 0.263. The lowest BCUT2D eigenvalue weighted by atomic mass is 10.1. The third-order valence-corrected chi connectivity index (χ3v) is 6.15. The van der Waals surface area contributed by atoms with Gasteiger partial charge in [-0.2, -0.15) is 0 Å². The average molecular weight is 494 g/mol. The summed E-state index contributed by atoms with van der Waals surface area (Å²) in [4.78, 5) is 16.7. The van der Waals surface area contributed by atoms with E-state index in [1.807, 2.05) is 54.6 Å². The number of aromatic carboxylic acids is 1. The van der Waals surface area contributed by atoms with Crippen LogP contribution in [0.1, 0.15) is 27.2 Å². The fourth-order valence-electron chi connectivity index (χ4n) is 4.23. The Hall–Kier alpha value is -4.71. The van der Waals surface area contributed by atoms with Gasteiger partial charge >= 0.3 is 5.97 Å². The Labute approximate surface area is 214 Å². The van der Waals surface area contributed by atoms with Crippen LogP contribution in [0.25, 0.3) is 10.9 Å². The van der Waals surface area contributed by atoms with Crippen molar-refractivity contribution in [2.75, 3.05) is 4.90 Å². The Bertz CT molecular complexity index is 1520. The van der Waals surface area contributed by atoms with Crippen LogP contribution in [0, 0.1) is 5.82 Å². The van der Waals surface area contributed by atoms with Crippen molar-refractivity contribution in [2.45, 2.75) is 19.7 Å². The number of benzene rings is 4. The van der Waals surface area contributed by atoms with Gasteiger partial charge in [0.25, 0.3) is 0 Å². The van der Waals surface area contributed by atoms with E-state index >= 15 is 0 Å².